The Balaban J connectivity index is 2.11. The smallest absolute Gasteiger partial charge is 0.117 e. The van der Waals surface area contributed by atoms with Crippen molar-refractivity contribution in [2.75, 3.05) is 11.9 Å². The van der Waals surface area contributed by atoms with E-state index in [9.17, 15) is 0 Å². The lowest BCUT2D eigenvalue weighted by Gasteiger charge is -2.16. The van der Waals surface area contributed by atoms with Crippen molar-refractivity contribution in [2.24, 2.45) is 5.73 Å². The van der Waals surface area contributed by atoms with Gasteiger partial charge in [-0.25, -0.2) is 0 Å². The molecule has 2 rings (SSSR count). The number of fused-ring (bicyclic) bond motifs is 1. The fraction of sp³-hybridized carbons (Fsp3) is 0.462. The van der Waals surface area contributed by atoms with Gasteiger partial charge in [-0.15, -0.1) is 0 Å². The Kier molecular flexibility index (Phi) is 4.34. The first-order valence-corrected chi connectivity index (χ1v) is 6.93. The minimum atomic E-state index is 0.360. The molecule has 0 saturated heterocycles. The van der Waals surface area contributed by atoms with Crippen molar-refractivity contribution in [1.29, 1.82) is 0 Å². The maximum atomic E-state index is 5.80. The zero-order valence-electron chi connectivity index (χ0n) is 10.1. The summed E-state index contributed by atoms with van der Waals surface area (Å²) in [5.74, 6) is 0. The van der Waals surface area contributed by atoms with Crippen LogP contribution in [-0.2, 0) is 0 Å². The first kappa shape index (κ1) is 12.3. The number of hydrogen-bond acceptors (Lipinski definition) is 4. The quantitative estimate of drug-likeness (QED) is 0.826. The molecule has 1 aromatic heterocycles. The SMILES string of the molecule is CCCCC(CN)Nc1snc2ccccc12. The van der Waals surface area contributed by atoms with Crippen molar-refractivity contribution in [2.45, 2.75) is 32.2 Å². The molecule has 0 amide bonds. The molecule has 0 aliphatic rings. The molecule has 1 heterocycles. The van der Waals surface area contributed by atoms with Crippen LogP contribution < -0.4 is 11.1 Å². The number of hydrogen-bond donors (Lipinski definition) is 2. The molecule has 17 heavy (non-hydrogen) atoms. The van der Waals surface area contributed by atoms with Gasteiger partial charge < -0.3 is 11.1 Å². The van der Waals surface area contributed by atoms with E-state index in [2.05, 4.69) is 22.7 Å². The molecule has 3 N–H and O–H groups in total. The van der Waals surface area contributed by atoms with Gasteiger partial charge in [0.15, 0.2) is 0 Å². The van der Waals surface area contributed by atoms with Gasteiger partial charge in [0.2, 0.25) is 0 Å². The Hall–Kier alpha value is -1.13. The zero-order chi connectivity index (χ0) is 12.1. The fourth-order valence-corrected chi connectivity index (χ4v) is 2.72. The topological polar surface area (TPSA) is 50.9 Å². The summed E-state index contributed by atoms with van der Waals surface area (Å²) < 4.78 is 4.42. The number of anilines is 1. The van der Waals surface area contributed by atoms with Crippen LogP contribution in [0.5, 0.6) is 0 Å². The van der Waals surface area contributed by atoms with Crippen molar-refractivity contribution in [3.05, 3.63) is 24.3 Å². The number of nitrogens with zero attached hydrogens (tertiary/aromatic N) is 1. The lowest BCUT2D eigenvalue weighted by atomic mass is 10.1. The van der Waals surface area contributed by atoms with E-state index in [0.717, 1.165) is 16.9 Å². The van der Waals surface area contributed by atoms with E-state index < -0.39 is 0 Å². The number of benzene rings is 1. The highest BCUT2D eigenvalue weighted by molar-refractivity contribution is 7.11. The molecule has 1 atom stereocenters. The van der Waals surface area contributed by atoms with Gasteiger partial charge in [0.25, 0.3) is 0 Å². The van der Waals surface area contributed by atoms with Crippen LogP contribution >= 0.6 is 11.5 Å². The Morgan fingerprint density at radius 1 is 1.41 bits per heavy atom. The Morgan fingerprint density at radius 3 is 3.00 bits per heavy atom. The van der Waals surface area contributed by atoms with Crippen LogP contribution in [0.3, 0.4) is 0 Å². The summed E-state index contributed by atoms with van der Waals surface area (Å²) in [6.45, 7) is 2.88. The van der Waals surface area contributed by atoms with E-state index in [1.54, 1.807) is 0 Å². The molecule has 0 spiro atoms. The van der Waals surface area contributed by atoms with E-state index in [1.165, 1.54) is 29.8 Å². The summed E-state index contributed by atoms with van der Waals surface area (Å²) in [6.07, 6.45) is 3.55. The summed E-state index contributed by atoms with van der Waals surface area (Å²) in [7, 11) is 0. The molecule has 0 saturated carbocycles. The molecule has 0 radical (unpaired) electrons. The third-order valence-electron chi connectivity index (χ3n) is 2.91. The van der Waals surface area contributed by atoms with Crippen LogP contribution in [0, 0.1) is 0 Å². The maximum Gasteiger partial charge on any atom is 0.117 e. The Bertz CT molecular complexity index is 466. The molecule has 1 aromatic carbocycles. The first-order valence-electron chi connectivity index (χ1n) is 6.16. The van der Waals surface area contributed by atoms with Crippen LogP contribution in [0.1, 0.15) is 26.2 Å². The van der Waals surface area contributed by atoms with E-state index in [0.29, 0.717) is 12.6 Å². The highest BCUT2D eigenvalue weighted by atomic mass is 32.1. The highest BCUT2D eigenvalue weighted by Crippen LogP contribution is 2.28. The average molecular weight is 249 g/mol. The molecule has 92 valence electrons. The predicted molar refractivity (Wildman–Crippen MR) is 75.6 cm³/mol. The summed E-state index contributed by atoms with van der Waals surface area (Å²) in [4.78, 5) is 0. The van der Waals surface area contributed by atoms with Crippen molar-refractivity contribution in [3.8, 4) is 0 Å². The molecule has 4 heteroatoms. The van der Waals surface area contributed by atoms with Gasteiger partial charge in [0, 0.05) is 18.0 Å². The highest BCUT2D eigenvalue weighted by Gasteiger charge is 2.10. The van der Waals surface area contributed by atoms with Crippen LogP contribution in [-0.4, -0.2) is 17.0 Å². The molecule has 0 aliphatic heterocycles. The number of rotatable bonds is 6. The van der Waals surface area contributed by atoms with E-state index in [4.69, 9.17) is 5.73 Å². The molecule has 2 aromatic rings. The standard InChI is InChI=1S/C13H19N3S/c1-2-3-6-10(9-14)15-13-11-7-4-5-8-12(11)16-17-13/h4-5,7-8,10,15H,2-3,6,9,14H2,1H3. The summed E-state index contributed by atoms with van der Waals surface area (Å²) in [5, 5.41) is 5.86. The Morgan fingerprint density at radius 2 is 2.24 bits per heavy atom. The minimum absolute atomic E-state index is 0.360. The maximum absolute atomic E-state index is 5.80. The monoisotopic (exact) mass is 249 g/mol. The predicted octanol–water partition coefficient (Wildman–Crippen LogP) is 3.23. The fourth-order valence-electron chi connectivity index (χ4n) is 1.88. The Labute approximate surface area is 106 Å². The summed E-state index contributed by atoms with van der Waals surface area (Å²) in [6, 6.07) is 8.57. The number of nitrogens with one attached hydrogen (secondary N) is 1. The molecule has 3 nitrogen and oxygen atoms in total. The first-order chi connectivity index (χ1) is 8.35. The van der Waals surface area contributed by atoms with Gasteiger partial charge in [-0.2, -0.15) is 4.37 Å². The van der Waals surface area contributed by atoms with Crippen molar-refractivity contribution in [3.63, 3.8) is 0 Å². The number of aromatic nitrogens is 1. The third kappa shape index (κ3) is 2.96. The second kappa shape index (κ2) is 5.98. The van der Waals surface area contributed by atoms with Gasteiger partial charge in [-0.05, 0) is 30.1 Å². The van der Waals surface area contributed by atoms with Crippen molar-refractivity contribution < 1.29 is 0 Å². The molecular weight excluding hydrogens is 230 g/mol. The second-order valence-electron chi connectivity index (χ2n) is 4.25. The average Bonchev–Trinajstić information content (AvgIpc) is 2.78. The second-order valence-corrected chi connectivity index (χ2v) is 5.02. The van der Waals surface area contributed by atoms with E-state index in [1.807, 2.05) is 18.2 Å². The normalized spacial score (nSPS) is 12.8. The van der Waals surface area contributed by atoms with Crippen LogP contribution in [0.4, 0.5) is 5.00 Å². The summed E-state index contributed by atoms with van der Waals surface area (Å²) in [5.41, 5.74) is 6.86. The van der Waals surface area contributed by atoms with Crippen LogP contribution in [0.2, 0.25) is 0 Å². The molecule has 0 aliphatic carbocycles. The van der Waals surface area contributed by atoms with Crippen LogP contribution in [0.25, 0.3) is 10.9 Å². The van der Waals surface area contributed by atoms with Crippen molar-refractivity contribution in [1.82, 2.24) is 4.37 Å². The molecule has 0 fully saturated rings. The lowest BCUT2D eigenvalue weighted by Crippen LogP contribution is -2.28. The summed E-state index contributed by atoms with van der Waals surface area (Å²) >= 11 is 1.52. The van der Waals surface area contributed by atoms with Gasteiger partial charge in [-0.3, -0.25) is 0 Å². The molecule has 1 unspecified atom stereocenters. The van der Waals surface area contributed by atoms with Crippen molar-refractivity contribution >= 4 is 27.4 Å². The van der Waals surface area contributed by atoms with E-state index in [-0.39, 0.29) is 0 Å². The lowest BCUT2D eigenvalue weighted by molar-refractivity contribution is 0.616. The number of unbranched alkanes of at least 4 members (excludes halogenated alkanes) is 1. The largest absolute Gasteiger partial charge is 0.371 e. The van der Waals surface area contributed by atoms with Gasteiger partial charge in [0.05, 0.1) is 5.52 Å². The van der Waals surface area contributed by atoms with Gasteiger partial charge in [-0.1, -0.05) is 31.9 Å². The van der Waals surface area contributed by atoms with Crippen LogP contribution in [0.15, 0.2) is 24.3 Å². The number of nitrogens with two attached hydrogens (primary N) is 1. The molecule has 0 bridgehead atoms. The van der Waals surface area contributed by atoms with Gasteiger partial charge >= 0.3 is 0 Å². The minimum Gasteiger partial charge on any atom is -0.371 e. The zero-order valence-corrected chi connectivity index (χ0v) is 11.0. The van der Waals surface area contributed by atoms with Gasteiger partial charge in [0.1, 0.15) is 5.00 Å². The third-order valence-corrected chi connectivity index (χ3v) is 3.72. The van der Waals surface area contributed by atoms with E-state index >= 15 is 0 Å². The molecular formula is C13H19N3S.